The van der Waals surface area contributed by atoms with Crippen molar-refractivity contribution in [2.24, 2.45) is 0 Å². The molecule has 3 aromatic carbocycles. The molecule has 0 unspecified atom stereocenters. The molecule has 32 heavy (non-hydrogen) atoms. The highest BCUT2D eigenvalue weighted by Gasteiger charge is 2.21. The van der Waals surface area contributed by atoms with E-state index in [1.807, 2.05) is 53.4 Å². The smallest absolute Gasteiger partial charge is 0.258 e. The first kappa shape index (κ1) is 21.4. The van der Waals surface area contributed by atoms with Crippen molar-refractivity contribution in [2.75, 3.05) is 7.11 Å². The fourth-order valence-electron chi connectivity index (χ4n) is 3.91. The summed E-state index contributed by atoms with van der Waals surface area (Å²) in [6.07, 6.45) is 2.08. The van der Waals surface area contributed by atoms with Crippen LogP contribution in [0.4, 0.5) is 0 Å². The highest BCUT2D eigenvalue weighted by Crippen LogP contribution is 2.22. The van der Waals surface area contributed by atoms with Crippen LogP contribution in [0.2, 0.25) is 0 Å². The second kappa shape index (κ2) is 10.0. The van der Waals surface area contributed by atoms with Crippen molar-refractivity contribution in [3.8, 4) is 5.75 Å². The van der Waals surface area contributed by atoms with E-state index in [1.165, 1.54) is 11.1 Å². The van der Waals surface area contributed by atoms with Crippen LogP contribution in [-0.4, -0.2) is 22.5 Å². The summed E-state index contributed by atoms with van der Waals surface area (Å²) in [5.74, 6) is 0.542. The summed E-state index contributed by atoms with van der Waals surface area (Å²) in [5, 5.41) is 0. The summed E-state index contributed by atoms with van der Waals surface area (Å²) in [7, 11) is 1.60. The van der Waals surface area contributed by atoms with Gasteiger partial charge in [-0.1, -0.05) is 66.7 Å². The van der Waals surface area contributed by atoms with Gasteiger partial charge in [0.1, 0.15) is 5.75 Å². The van der Waals surface area contributed by atoms with E-state index < -0.39 is 0 Å². The number of ether oxygens (including phenoxy) is 1. The molecule has 0 aliphatic rings. The zero-order valence-corrected chi connectivity index (χ0v) is 18.6. The minimum absolute atomic E-state index is 0.0463. The minimum Gasteiger partial charge on any atom is -0.496 e. The van der Waals surface area contributed by atoms with Gasteiger partial charge in [0.2, 0.25) is 0 Å². The number of methoxy groups -OCH3 is 1. The van der Waals surface area contributed by atoms with Gasteiger partial charge in [-0.3, -0.25) is 4.79 Å². The molecule has 0 aliphatic heterocycles. The minimum atomic E-state index is -0.0463. The Labute approximate surface area is 189 Å². The molecule has 4 aromatic rings. The van der Waals surface area contributed by atoms with Crippen molar-refractivity contribution in [2.45, 2.75) is 26.6 Å². The molecule has 0 saturated heterocycles. The first-order valence-corrected chi connectivity index (χ1v) is 10.8. The molecule has 4 nitrogen and oxygen atoms in total. The molecular formula is C28H28N2O2. The molecular weight excluding hydrogens is 396 g/mol. The Morgan fingerprint density at radius 3 is 2.34 bits per heavy atom. The number of nitrogens with zero attached hydrogens (tertiary/aromatic N) is 2. The monoisotopic (exact) mass is 424 g/mol. The van der Waals surface area contributed by atoms with E-state index in [1.54, 1.807) is 7.11 Å². The zero-order chi connectivity index (χ0) is 22.3. The molecule has 162 valence electrons. The predicted molar refractivity (Wildman–Crippen MR) is 128 cm³/mol. The van der Waals surface area contributed by atoms with E-state index in [9.17, 15) is 4.79 Å². The van der Waals surface area contributed by atoms with Gasteiger partial charge in [-0.05, 0) is 47.9 Å². The summed E-state index contributed by atoms with van der Waals surface area (Å²) in [6, 6.07) is 30.0. The number of hydrogen-bond donors (Lipinski definition) is 0. The molecule has 1 heterocycles. The summed E-state index contributed by atoms with van der Waals surface area (Å²) in [6.45, 7) is 3.93. The molecule has 4 heteroatoms. The maximum Gasteiger partial charge on any atom is 0.258 e. The molecule has 0 aliphatic carbocycles. The van der Waals surface area contributed by atoms with Crippen LogP contribution < -0.4 is 4.74 Å². The Kier molecular flexibility index (Phi) is 6.71. The summed E-state index contributed by atoms with van der Waals surface area (Å²) < 4.78 is 7.68. The van der Waals surface area contributed by atoms with Crippen molar-refractivity contribution in [3.63, 3.8) is 0 Å². The third-order valence-corrected chi connectivity index (χ3v) is 5.72. The standard InChI is InChI=1S/C28H28N2O2/c1-22-11-6-7-14-24(22)20-29-18-10-15-25(29)21-30(19-23-12-4-3-5-13-23)28(31)26-16-8-9-17-27(26)32-2/h3-18H,19-21H2,1-2H3. The molecule has 0 N–H and O–H groups in total. The lowest BCUT2D eigenvalue weighted by Crippen LogP contribution is -2.31. The van der Waals surface area contributed by atoms with Gasteiger partial charge in [0.15, 0.2) is 0 Å². The SMILES string of the molecule is COc1ccccc1C(=O)N(Cc1ccccc1)Cc1cccn1Cc1ccccc1C. The number of aromatic nitrogens is 1. The van der Waals surface area contributed by atoms with Gasteiger partial charge in [0, 0.05) is 25.0 Å². The van der Waals surface area contributed by atoms with Gasteiger partial charge in [-0.15, -0.1) is 0 Å². The van der Waals surface area contributed by atoms with E-state index in [4.69, 9.17) is 4.74 Å². The first-order chi connectivity index (χ1) is 15.7. The van der Waals surface area contributed by atoms with Crippen molar-refractivity contribution in [3.05, 3.63) is 125 Å². The van der Waals surface area contributed by atoms with Gasteiger partial charge in [0.25, 0.3) is 5.91 Å². The largest absolute Gasteiger partial charge is 0.496 e. The number of rotatable bonds is 8. The number of carbonyl (C=O) groups is 1. The second-order valence-corrected chi connectivity index (χ2v) is 7.90. The van der Waals surface area contributed by atoms with E-state index in [-0.39, 0.29) is 5.91 Å². The number of benzene rings is 3. The summed E-state index contributed by atoms with van der Waals surface area (Å²) in [5.41, 5.74) is 5.29. The molecule has 4 rings (SSSR count). The Morgan fingerprint density at radius 2 is 1.56 bits per heavy atom. The Morgan fingerprint density at radius 1 is 0.844 bits per heavy atom. The van der Waals surface area contributed by atoms with E-state index in [2.05, 4.69) is 60.2 Å². The number of para-hydroxylation sites is 1. The Balaban J connectivity index is 1.64. The van der Waals surface area contributed by atoms with Crippen molar-refractivity contribution in [1.82, 2.24) is 9.47 Å². The van der Waals surface area contributed by atoms with Crippen LogP contribution >= 0.6 is 0 Å². The van der Waals surface area contributed by atoms with Crippen LogP contribution in [0.25, 0.3) is 0 Å². The molecule has 0 bridgehead atoms. The quantitative estimate of drug-likeness (QED) is 0.364. The van der Waals surface area contributed by atoms with Crippen molar-refractivity contribution >= 4 is 5.91 Å². The van der Waals surface area contributed by atoms with Crippen LogP contribution in [0.5, 0.6) is 5.75 Å². The first-order valence-electron chi connectivity index (χ1n) is 10.8. The van der Waals surface area contributed by atoms with Crippen LogP contribution in [-0.2, 0) is 19.6 Å². The predicted octanol–water partition coefficient (Wildman–Crippen LogP) is 5.70. The maximum absolute atomic E-state index is 13.6. The van der Waals surface area contributed by atoms with Gasteiger partial charge < -0.3 is 14.2 Å². The van der Waals surface area contributed by atoms with E-state index in [0.717, 1.165) is 17.8 Å². The lowest BCUT2D eigenvalue weighted by atomic mass is 10.1. The van der Waals surface area contributed by atoms with Crippen molar-refractivity contribution in [1.29, 1.82) is 0 Å². The topological polar surface area (TPSA) is 34.5 Å². The third kappa shape index (κ3) is 4.92. The lowest BCUT2D eigenvalue weighted by molar-refractivity contribution is 0.0723. The molecule has 1 aromatic heterocycles. The third-order valence-electron chi connectivity index (χ3n) is 5.72. The van der Waals surface area contributed by atoms with Crippen LogP contribution in [0.1, 0.15) is 32.7 Å². The average molecular weight is 425 g/mol. The molecule has 0 saturated carbocycles. The fourth-order valence-corrected chi connectivity index (χ4v) is 3.91. The van der Waals surface area contributed by atoms with Crippen LogP contribution in [0, 0.1) is 6.92 Å². The van der Waals surface area contributed by atoms with Gasteiger partial charge in [-0.2, -0.15) is 0 Å². The fraction of sp³-hybridized carbons (Fsp3) is 0.179. The van der Waals surface area contributed by atoms with Gasteiger partial charge in [-0.25, -0.2) is 0 Å². The molecule has 0 spiro atoms. The summed E-state index contributed by atoms with van der Waals surface area (Å²) in [4.78, 5) is 15.5. The number of hydrogen-bond acceptors (Lipinski definition) is 2. The molecule has 1 amide bonds. The normalized spacial score (nSPS) is 10.7. The average Bonchev–Trinajstić information content (AvgIpc) is 3.27. The van der Waals surface area contributed by atoms with Crippen LogP contribution in [0.3, 0.4) is 0 Å². The summed E-state index contributed by atoms with van der Waals surface area (Å²) >= 11 is 0. The highest BCUT2D eigenvalue weighted by atomic mass is 16.5. The highest BCUT2D eigenvalue weighted by molar-refractivity contribution is 5.96. The van der Waals surface area contributed by atoms with Gasteiger partial charge in [0.05, 0.1) is 19.2 Å². The number of carbonyl (C=O) groups excluding carboxylic acids is 1. The molecule has 0 atom stereocenters. The van der Waals surface area contributed by atoms with Gasteiger partial charge >= 0.3 is 0 Å². The van der Waals surface area contributed by atoms with E-state index in [0.29, 0.717) is 24.4 Å². The molecule has 0 fully saturated rings. The van der Waals surface area contributed by atoms with Crippen molar-refractivity contribution < 1.29 is 9.53 Å². The Bertz CT molecular complexity index is 1180. The molecule has 0 radical (unpaired) electrons. The zero-order valence-electron chi connectivity index (χ0n) is 18.6. The number of aryl methyl sites for hydroxylation is 1. The van der Waals surface area contributed by atoms with E-state index >= 15 is 0 Å². The van der Waals surface area contributed by atoms with Crippen LogP contribution in [0.15, 0.2) is 97.2 Å². The number of amides is 1. The maximum atomic E-state index is 13.6. The lowest BCUT2D eigenvalue weighted by Gasteiger charge is -2.25. The second-order valence-electron chi connectivity index (χ2n) is 7.90. The Hall–Kier alpha value is -3.79.